The molecule has 1 aliphatic heterocycles. The summed E-state index contributed by atoms with van der Waals surface area (Å²) >= 11 is 0. The van der Waals surface area contributed by atoms with E-state index in [0.717, 1.165) is 11.1 Å². The predicted octanol–water partition coefficient (Wildman–Crippen LogP) is 3.20. The molecule has 154 valence electrons. The number of nitrogens with zero attached hydrogens (tertiary/aromatic N) is 3. The Balaban J connectivity index is 1.73. The maximum absolute atomic E-state index is 10.6. The van der Waals surface area contributed by atoms with Crippen LogP contribution in [0.4, 0.5) is 0 Å². The number of aliphatic hydroxyl groups is 1. The van der Waals surface area contributed by atoms with Gasteiger partial charge >= 0.3 is 0 Å². The topological polar surface area (TPSA) is 106 Å². The normalized spacial score (nSPS) is 24.8. The van der Waals surface area contributed by atoms with Crippen LogP contribution in [0.3, 0.4) is 0 Å². The van der Waals surface area contributed by atoms with Crippen molar-refractivity contribution in [3.05, 3.63) is 82.2 Å². The van der Waals surface area contributed by atoms with Crippen LogP contribution in [0.1, 0.15) is 11.1 Å². The van der Waals surface area contributed by atoms with Gasteiger partial charge < -0.3 is 24.1 Å². The maximum Gasteiger partial charge on any atom is 0.186 e. The molecule has 1 saturated heterocycles. The molecule has 8 heteroatoms. The van der Waals surface area contributed by atoms with Crippen molar-refractivity contribution >= 4 is 0 Å². The summed E-state index contributed by atoms with van der Waals surface area (Å²) in [4.78, 5) is 2.83. The lowest BCUT2D eigenvalue weighted by Gasteiger charge is -2.27. The molecule has 2 aromatic carbocycles. The Bertz CT molecular complexity index is 785. The number of benzene rings is 2. The van der Waals surface area contributed by atoms with Gasteiger partial charge in [-0.1, -0.05) is 65.8 Å². The van der Waals surface area contributed by atoms with E-state index < -0.39 is 30.7 Å². The molecule has 29 heavy (non-hydrogen) atoms. The molecule has 0 aromatic heterocycles. The molecular formula is C21H25N3O5. The molecule has 3 rings (SSSR count). The summed E-state index contributed by atoms with van der Waals surface area (Å²) in [7, 11) is 1.46. The van der Waals surface area contributed by atoms with Crippen molar-refractivity contribution < 1.29 is 24.1 Å². The van der Waals surface area contributed by atoms with Crippen molar-refractivity contribution in [2.75, 3.05) is 13.7 Å². The molecule has 1 N–H and O–H groups in total. The first-order valence-electron chi connectivity index (χ1n) is 9.41. The van der Waals surface area contributed by atoms with Gasteiger partial charge in [-0.05, 0) is 16.7 Å². The summed E-state index contributed by atoms with van der Waals surface area (Å²) in [5.74, 6) is 0. The Kier molecular flexibility index (Phi) is 8.01. The lowest BCUT2D eigenvalue weighted by molar-refractivity contribution is -0.170. The van der Waals surface area contributed by atoms with Gasteiger partial charge in [0, 0.05) is 12.0 Å². The van der Waals surface area contributed by atoms with Gasteiger partial charge in [-0.3, -0.25) is 0 Å². The fourth-order valence-electron chi connectivity index (χ4n) is 3.26. The molecule has 2 aromatic rings. The highest BCUT2D eigenvalue weighted by molar-refractivity contribution is 5.14. The lowest BCUT2D eigenvalue weighted by atomic mass is 10.0. The minimum absolute atomic E-state index is 0.0440. The third kappa shape index (κ3) is 5.77. The molecule has 1 heterocycles. The Morgan fingerprint density at radius 2 is 1.69 bits per heavy atom. The number of ether oxygens (including phenoxy) is 4. The molecule has 0 saturated carbocycles. The van der Waals surface area contributed by atoms with Crippen LogP contribution in [0, 0.1) is 0 Å². The van der Waals surface area contributed by atoms with Crippen molar-refractivity contribution in [1.82, 2.24) is 0 Å². The lowest BCUT2D eigenvalue weighted by Crippen LogP contribution is -2.43. The van der Waals surface area contributed by atoms with Crippen LogP contribution in [0.2, 0.25) is 0 Å². The number of aliphatic hydroxyl groups excluding tert-OH is 1. The summed E-state index contributed by atoms with van der Waals surface area (Å²) in [5, 5.41) is 14.3. The van der Waals surface area contributed by atoms with Crippen molar-refractivity contribution in [2.24, 2.45) is 5.11 Å². The van der Waals surface area contributed by atoms with E-state index in [2.05, 4.69) is 10.0 Å². The molecule has 0 radical (unpaired) electrons. The molecule has 0 spiro atoms. The summed E-state index contributed by atoms with van der Waals surface area (Å²) < 4.78 is 23.1. The molecule has 1 aliphatic rings. The molecule has 5 atom stereocenters. The van der Waals surface area contributed by atoms with Crippen LogP contribution in [0.5, 0.6) is 0 Å². The maximum atomic E-state index is 10.6. The van der Waals surface area contributed by atoms with Crippen molar-refractivity contribution in [3.63, 3.8) is 0 Å². The molecule has 8 nitrogen and oxygen atoms in total. The van der Waals surface area contributed by atoms with E-state index in [1.54, 1.807) is 0 Å². The zero-order valence-electron chi connectivity index (χ0n) is 16.2. The largest absolute Gasteiger partial charge is 0.385 e. The second kappa shape index (κ2) is 10.9. The Morgan fingerprint density at radius 3 is 2.28 bits per heavy atom. The van der Waals surface area contributed by atoms with E-state index in [4.69, 9.17) is 24.5 Å². The molecule has 0 unspecified atom stereocenters. The van der Waals surface area contributed by atoms with Crippen molar-refractivity contribution in [2.45, 2.75) is 43.9 Å². The van der Waals surface area contributed by atoms with Crippen LogP contribution < -0.4 is 0 Å². The molecular weight excluding hydrogens is 374 g/mol. The number of hydrogen-bond acceptors (Lipinski definition) is 6. The van der Waals surface area contributed by atoms with Gasteiger partial charge in [0.05, 0.1) is 25.9 Å². The third-order valence-electron chi connectivity index (χ3n) is 4.75. The smallest absolute Gasteiger partial charge is 0.186 e. The first-order chi connectivity index (χ1) is 14.2. The fraction of sp³-hybridized carbons (Fsp3) is 0.429. The van der Waals surface area contributed by atoms with Gasteiger partial charge in [0.25, 0.3) is 0 Å². The zero-order chi connectivity index (χ0) is 20.5. The summed E-state index contributed by atoms with van der Waals surface area (Å²) in [6, 6.07) is 19.3. The predicted molar refractivity (Wildman–Crippen MR) is 106 cm³/mol. The van der Waals surface area contributed by atoms with Crippen LogP contribution >= 0.6 is 0 Å². The fourth-order valence-corrected chi connectivity index (χ4v) is 3.26. The number of methoxy groups -OCH3 is 1. The number of hydrogen-bond donors (Lipinski definition) is 1. The monoisotopic (exact) mass is 399 g/mol. The zero-order valence-corrected chi connectivity index (χ0v) is 16.2. The highest BCUT2D eigenvalue weighted by Crippen LogP contribution is 2.29. The molecule has 0 bridgehead atoms. The minimum Gasteiger partial charge on any atom is -0.385 e. The standard InChI is InChI=1S/C21H25N3O5/c1-26-21-18(25)20(28-14-16-10-6-3-7-11-16)19(29-21)17(12-23-24-22)27-13-15-8-4-2-5-9-15/h2-11,17-21,25H,12-14H2,1H3/t17-,18-,19-,20-,21+/m1/s1. The van der Waals surface area contributed by atoms with E-state index in [9.17, 15) is 5.11 Å². The van der Waals surface area contributed by atoms with Crippen molar-refractivity contribution in [1.29, 1.82) is 0 Å². The van der Waals surface area contributed by atoms with Gasteiger partial charge in [-0.25, -0.2) is 0 Å². The Morgan fingerprint density at radius 1 is 1.07 bits per heavy atom. The van der Waals surface area contributed by atoms with Gasteiger partial charge in [-0.15, -0.1) is 0 Å². The van der Waals surface area contributed by atoms with Gasteiger partial charge in [0.1, 0.15) is 18.3 Å². The quantitative estimate of drug-likeness (QED) is 0.375. The second-order valence-electron chi connectivity index (χ2n) is 6.71. The van der Waals surface area contributed by atoms with E-state index >= 15 is 0 Å². The molecule has 0 aliphatic carbocycles. The summed E-state index contributed by atoms with van der Waals surface area (Å²) in [6.45, 7) is 0.652. The number of rotatable bonds is 10. The molecule has 1 fully saturated rings. The van der Waals surface area contributed by atoms with Gasteiger partial charge in [-0.2, -0.15) is 0 Å². The van der Waals surface area contributed by atoms with E-state index in [0.29, 0.717) is 13.2 Å². The highest BCUT2D eigenvalue weighted by atomic mass is 16.7. The van der Waals surface area contributed by atoms with Crippen LogP contribution in [-0.2, 0) is 32.2 Å². The van der Waals surface area contributed by atoms with E-state index in [1.165, 1.54) is 7.11 Å². The van der Waals surface area contributed by atoms with E-state index in [1.807, 2.05) is 60.7 Å². The summed E-state index contributed by atoms with van der Waals surface area (Å²) in [5.41, 5.74) is 10.7. The van der Waals surface area contributed by atoms with Crippen LogP contribution in [-0.4, -0.2) is 49.5 Å². The minimum atomic E-state index is -0.998. The van der Waals surface area contributed by atoms with Gasteiger partial charge in [0.15, 0.2) is 6.29 Å². The molecule has 0 amide bonds. The van der Waals surface area contributed by atoms with Gasteiger partial charge in [0.2, 0.25) is 0 Å². The first kappa shape index (κ1) is 21.3. The Labute approximate surface area is 169 Å². The SMILES string of the molecule is CO[C@H]1O[C@H]([C@@H](CN=[N+]=[N-])OCc2ccccc2)[C@H](OCc2ccccc2)[C@H]1O. The third-order valence-corrected chi connectivity index (χ3v) is 4.75. The van der Waals surface area contributed by atoms with E-state index in [-0.39, 0.29) is 6.54 Å². The second-order valence-corrected chi connectivity index (χ2v) is 6.71. The van der Waals surface area contributed by atoms with Crippen LogP contribution in [0.25, 0.3) is 10.4 Å². The van der Waals surface area contributed by atoms with Crippen LogP contribution in [0.15, 0.2) is 65.8 Å². The summed E-state index contributed by atoms with van der Waals surface area (Å²) in [6.07, 6.45) is -3.82. The Hall–Kier alpha value is -2.45. The number of azide groups is 1. The van der Waals surface area contributed by atoms with Crippen molar-refractivity contribution in [3.8, 4) is 0 Å². The average Bonchev–Trinajstić information content (AvgIpc) is 3.09. The highest BCUT2D eigenvalue weighted by Gasteiger charge is 2.48. The first-order valence-corrected chi connectivity index (χ1v) is 9.41. The average molecular weight is 399 g/mol.